The smallest absolute Gasteiger partial charge is 0.245 e. The maximum Gasteiger partial charge on any atom is 0.245 e. The van der Waals surface area contributed by atoms with E-state index in [1.165, 1.54) is 16.4 Å². The lowest BCUT2D eigenvalue weighted by Gasteiger charge is -2.27. The second-order valence-corrected chi connectivity index (χ2v) is 9.48. The van der Waals surface area contributed by atoms with Gasteiger partial charge in [-0.1, -0.05) is 46.9 Å². The number of nitrogens with zero attached hydrogens (tertiary/aromatic N) is 2. The van der Waals surface area contributed by atoms with Crippen LogP contribution in [0.1, 0.15) is 19.4 Å². The van der Waals surface area contributed by atoms with Crippen LogP contribution in [-0.2, 0) is 16.6 Å². The van der Waals surface area contributed by atoms with Crippen molar-refractivity contribution < 1.29 is 8.42 Å². The Labute approximate surface area is 170 Å². The Morgan fingerprint density at radius 1 is 0.923 bits per heavy atom. The summed E-state index contributed by atoms with van der Waals surface area (Å²) < 4.78 is 27.7. The lowest BCUT2D eigenvalue weighted by molar-refractivity contribution is 0.348. The summed E-state index contributed by atoms with van der Waals surface area (Å²) in [4.78, 5) is 1.93. The Morgan fingerprint density at radius 2 is 1.46 bits per heavy atom. The first kappa shape index (κ1) is 21.3. The molecular weight excluding hydrogens is 415 g/mol. The summed E-state index contributed by atoms with van der Waals surface area (Å²) >= 11 is 18.1. The summed E-state index contributed by atoms with van der Waals surface area (Å²) in [5.74, 6) is 0. The van der Waals surface area contributed by atoms with Gasteiger partial charge in [0.05, 0.1) is 15.1 Å². The van der Waals surface area contributed by atoms with Gasteiger partial charge in [0.2, 0.25) is 10.0 Å². The van der Waals surface area contributed by atoms with Crippen LogP contribution in [-0.4, -0.2) is 32.9 Å². The molecule has 0 unspecified atom stereocenters. The van der Waals surface area contributed by atoms with E-state index >= 15 is 0 Å². The zero-order valence-corrected chi connectivity index (χ0v) is 18.1. The van der Waals surface area contributed by atoms with E-state index in [0.717, 1.165) is 11.3 Å². The Hall–Kier alpha value is -0.980. The maximum atomic E-state index is 13.2. The molecule has 0 saturated heterocycles. The number of halogens is 3. The minimum Gasteiger partial charge on any atom is -0.378 e. The highest BCUT2D eigenvalue weighted by Gasteiger charge is 2.30. The number of sulfonamides is 1. The molecule has 0 bridgehead atoms. The first-order chi connectivity index (χ1) is 12.0. The van der Waals surface area contributed by atoms with Gasteiger partial charge in [-0.05, 0) is 43.7 Å². The molecule has 4 nitrogen and oxygen atoms in total. The molecule has 2 aromatic rings. The molecule has 0 aliphatic heterocycles. The van der Waals surface area contributed by atoms with Crippen LogP contribution in [0.2, 0.25) is 15.1 Å². The molecule has 2 rings (SSSR count). The molecule has 0 amide bonds. The number of hydrogen-bond acceptors (Lipinski definition) is 3. The predicted molar refractivity (Wildman–Crippen MR) is 110 cm³/mol. The summed E-state index contributed by atoms with van der Waals surface area (Å²) in [6.07, 6.45) is 0. The first-order valence-corrected chi connectivity index (χ1v) is 10.5. The summed E-state index contributed by atoms with van der Waals surface area (Å²) in [5, 5.41) is 0.410. The van der Waals surface area contributed by atoms with Gasteiger partial charge in [-0.25, -0.2) is 8.42 Å². The Balaban J connectivity index is 2.41. The minimum absolute atomic E-state index is 0.0489. The maximum absolute atomic E-state index is 13.2. The van der Waals surface area contributed by atoms with Crippen LogP contribution in [0.4, 0.5) is 5.69 Å². The summed E-state index contributed by atoms with van der Waals surface area (Å²) in [6.45, 7) is 3.86. The molecule has 0 aromatic heterocycles. The van der Waals surface area contributed by atoms with Crippen LogP contribution in [0.5, 0.6) is 0 Å². The Morgan fingerprint density at radius 3 is 1.96 bits per heavy atom. The molecule has 0 aliphatic rings. The van der Waals surface area contributed by atoms with Crippen LogP contribution in [0.15, 0.2) is 41.3 Å². The van der Waals surface area contributed by atoms with Gasteiger partial charge in [0.15, 0.2) is 0 Å². The normalized spacial score (nSPS) is 12.0. The molecule has 0 atom stereocenters. The lowest BCUT2D eigenvalue weighted by Crippen LogP contribution is -2.36. The molecule has 0 N–H and O–H groups in total. The van der Waals surface area contributed by atoms with Crippen molar-refractivity contribution in [3.63, 3.8) is 0 Å². The standard InChI is InChI=1S/C18H21Cl3N2O2S/c1-12(2)23(11-13-5-7-14(8-6-13)22(3)4)26(24,25)18-10-16(20)15(19)9-17(18)21/h5-10,12H,11H2,1-4H3. The van der Waals surface area contributed by atoms with E-state index < -0.39 is 10.0 Å². The van der Waals surface area contributed by atoms with Crippen LogP contribution in [0.25, 0.3) is 0 Å². The number of anilines is 1. The average molecular weight is 436 g/mol. The molecule has 2 aromatic carbocycles. The Kier molecular flexibility index (Phi) is 6.86. The second kappa shape index (κ2) is 8.36. The van der Waals surface area contributed by atoms with Gasteiger partial charge in [-0.15, -0.1) is 0 Å². The van der Waals surface area contributed by atoms with E-state index in [-0.39, 0.29) is 32.5 Å². The zero-order valence-electron chi connectivity index (χ0n) is 15.0. The van der Waals surface area contributed by atoms with Crippen molar-refractivity contribution in [2.24, 2.45) is 0 Å². The fourth-order valence-corrected chi connectivity index (χ4v) is 5.06. The van der Waals surface area contributed by atoms with Crippen molar-refractivity contribution in [1.82, 2.24) is 4.31 Å². The molecule has 142 valence electrons. The van der Waals surface area contributed by atoms with Crippen molar-refractivity contribution in [2.45, 2.75) is 31.3 Å². The minimum atomic E-state index is -3.85. The number of benzene rings is 2. The van der Waals surface area contributed by atoms with Gasteiger partial charge in [0, 0.05) is 32.4 Å². The van der Waals surface area contributed by atoms with Crippen molar-refractivity contribution in [2.75, 3.05) is 19.0 Å². The third-order valence-corrected chi connectivity index (χ3v) is 7.14. The zero-order chi connectivity index (χ0) is 19.6. The summed E-state index contributed by atoms with van der Waals surface area (Å²) in [5.41, 5.74) is 1.92. The molecule has 26 heavy (non-hydrogen) atoms. The highest BCUT2D eigenvalue weighted by atomic mass is 35.5. The third-order valence-electron chi connectivity index (χ3n) is 3.93. The van der Waals surface area contributed by atoms with E-state index in [0.29, 0.717) is 0 Å². The van der Waals surface area contributed by atoms with E-state index in [1.54, 1.807) is 0 Å². The molecular formula is C18H21Cl3N2O2S. The first-order valence-electron chi connectivity index (χ1n) is 7.96. The van der Waals surface area contributed by atoms with Gasteiger partial charge in [0.1, 0.15) is 4.90 Å². The van der Waals surface area contributed by atoms with Crippen molar-refractivity contribution >= 4 is 50.5 Å². The molecule has 0 saturated carbocycles. The van der Waals surface area contributed by atoms with E-state index in [2.05, 4.69) is 0 Å². The van der Waals surface area contributed by atoms with Gasteiger partial charge in [-0.3, -0.25) is 0 Å². The number of hydrogen-bond donors (Lipinski definition) is 0. The fraction of sp³-hybridized carbons (Fsp3) is 0.333. The van der Waals surface area contributed by atoms with Crippen LogP contribution >= 0.6 is 34.8 Å². The van der Waals surface area contributed by atoms with Crippen molar-refractivity contribution in [3.05, 3.63) is 57.0 Å². The number of rotatable bonds is 6. The SMILES string of the molecule is CC(C)N(Cc1ccc(N(C)C)cc1)S(=O)(=O)c1cc(Cl)c(Cl)cc1Cl. The van der Waals surface area contributed by atoms with Crippen LogP contribution in [0.3, 0.4) is 0 Å². The van der Waals surface area contributed by atoms with Gasteiger partial charge >= 0.3 is 0 Å². The third kappa shape index (κ3) is 4.65. The van der Waals surface area contributed by atoms with Gasteiger partial charge in [-0.2, -0.15) is 4.31 Å². The van der Waals surface area contributed by atoms with Crippen molar-refractivity contribution in [3.8, 4) is 0 Å². The highest BCUT2D eigenvalue weighted by molar-refractivity contribution is 7.89. The topological polar surface area (TPSA) is 40.6 Å². The average Bonchev–Trinajstić information content (AvgIpc) is 2.55. The van der Waals surface area contributed by atoms with Gasteiger partial charge in [0.25, 0.3) is 0 Å². The second-order valence-electron chi connectivity index (χ2n) is 6.40. The van der Waals surface area contributed by atoms with E-state index in [1.807, 2.05) is 57.1 Å². The largest absolute Gasteiger partial charge is 0.378 e. The summed E-state index contributed by atoms with van der Waals surface area (Å²) in [7, 11) is 0.0541. The molecule has 0 spiro atoms. The summed E-state index contributed by atoms with van der Waals surface area (Å²) in [6, 6.07) is 10.1. The molecule has 8 heteroatoms. The van der Waals surface area contributed by atoms with Crippen LogP contribution in [0, 0.1) is 0 Å². The molecule has 0 heterocycles. The molecule has 0 fully saturated rings. The predicted octanol–water partition coefficient (Wildman–Crippen LogP) is 5.31. The molecule has 0 aliphatic carbocycles. The Bertz CT molecular complexity index is 882. The lowest BCUT2D eigenvalue weighted by atomic mass is 10.2. The van der Waals surface area contributed by atoms with E-state index in [4.69, 9.17) is 34.8 Å². The van der Waals surface area contributed by atoms with Crippen LogP contribution < -0.4 is 4.90 Å². The quantitative estimate of drug-likeness (QED) is 0.577. The monoisotopic (exact) mass is 434 g/mol. The molecule has 0 radical (unpaired) electrons. The highest BCUT2D eigenvalue weighted by Crippen LogP contribution is 2.34. The van der Waals surface area contributed by atoms with Gasteiger partial charge < -0.3 is 4.90 Å². The van der Waals surface area contributed by atoms with Crippen molar-refractivity contribution in [1.29, 1.82) is 0 Å². The fourth-order valence-electron chi connectivity index (χ4n) is 2.45. The van der Waals surface area contributed by atoms with E-state index in [9.17, 15) is 8.42 Å².